The van der Waals surface area contributed by atoms with Gasteiger partial charge in [0, 0.05) is 12.5 Å². The molecule has 0 aromatic carbocycles. The highest BCUT2D eigenvalue weighted by molar-refractivity contribution is 5.78. The molecule has 2 saturated carbocycles. The first-order valence-corrected chi connectivity index (χ1v) is 8.18. The number of rotatable bonds is 4. The van der Waals surface area contributed by atoms with E-state index in [1.807, 2.05) is 0 Å². The number of hydrogen-bond donors (Lipinski definition) is 2. The van der Waals surface area contributed by atoms with Crippen molar-refractivity contribution >= 4 is 5.91 Å². The Morgan fingerprint density at radius 2 is 1.95 bits per heavy atom. The van der Waals surface area contributed by atoms with Crippen molar-refractivity contribution in [2.45, 2.75) is 58.3 Å². The van der Waals surface area contributed by atoms with E-state index in [9.17, 15) is 4.79 Å². The second-order valence-electron chi connectivity index (χ2n) is 6.73. The minimum absolute atomic E-state index is 0.223. The molecule has 0 bridgehead atoms. The van der Waals surface area contributed by atoms with E-state index in [-0.39, 0.29) is 11.8 Å². The van der Waals surface area contributed by atoms with E-state index < -0.39 is 0 Å². The van der Waals surface area contributed by atoms with Crippen LogP contribution in [0.4, 0.5) is 0 Å². The largest absolute Gasteiger partial charge is 0.356 e. The molecular formula is C16H30N2O. The Labute approximate surface area is 117 Å². The van der Waals surface area contributed by atoms with Gasteiger partial charge in [0.1, 0.15) is 0 Å². The number of nitrogens with two attached hydrogens (primary N) is 1. The van der Waals surface area contributed by atoms with Gasteiger partial charge in [0.2, 0.25) is 5.91 Å². The van der Waals surface area contributed by atoms with Gasteiger partial charge in [-0.2, -0.15) is 0 Å². The monoisotopic (exact) mass is 266 g/mol. The summed E-state index contributed by atoms with van der Waals surface area (Å²) in [7, 11) is 0. The van der Waals surface area contributed by atoms with Crippen molar-refractivity contribution in [2.75, 3.05) is 13.1 Å². The number of carbonyl (C=O) groups excluding carboxylic acids is 1. The lowest BCUT2D eigenvalue weighted by Gasteiger charge is -2.31. The lowest BCUT2D eigenvalue weighted by molar-refractivity contribution is -0.126. The highest BCUT2D eigenvalue weighted by Gasteiger charge is 2.28. The van der Waals surface area contributed by atoms with E-state index in [0.29, 0.717) is 11.8 Å². The topological polar surface area (TPSA) is 55.1 Å². The van der Waals surface area contributed by atoms with Crippen LogP contribution in [0.25, 0.3) is 0 Å². The molecule has 3 N–H and O–H groups in total. The summed E-state index contributed by atoms with van der Waals surface area (Å²) in [5, 5.41) is 3.22. The first-order chi connectivity index (χ1) is 9.20. The van der Waals surface area contributed by atoms with Crippen LogP contribution in [0.3, 0.4) is 0 Å². The van der Waals surface area contributed by atoms with Crippen molar-refractivity contribution < 1.29 is 4.79 Å². The second kappa shape index (κ2) is 7.28. The molecule has 2 aliphatic carbocycles. The van der Waals surface area contributed by atoms with Gasteiger partial charge in [0.15, 0.2) is 0 Å². The van der Waals surface area contributed by atoms with Crippen LogP contribution in [0.2, 0.25) is 0 Å². The van der Waals surface area contributed by atoms with Crippen LogP contribution in [0.5, 0.6) is 0 Å². The second-order valence-corrected chi connectivity index (χ2v) is 6.73. The van der Waals surface area contributed by atoms with Gasteiger partial charge in [-0.3, -0.25) is 4.79 Å². The van der Waals surface area contributed by atoms with Gasteiger partial charge in [-0.15, -0.1) is 0 Å². The van der Waals surface area contributed by atoms with Crippen molar-refractivity contribution in [3.05, 3.63) is 0 Å². The molecule has 0 aromatic rings. The fourth-order valence-electron chi connectivity index (χ4n) is 3.82. The molecule has 4 atom stereocenters. The highest BCUT2D eigenvalue weighted by Crippen LogP contribution is 2.30. The Balaban J connectivity index is 1.74. The summed E-state index contributed by atoms with van der Waals surface area (Å²) in [5.74, 6) is 2.55. The molecule has 0 heterocycles. The van der Waals surface area contributed by atoms with Crippen LogP contribution in [-0.4, -0.2) is 19.0 Å². The van der Waals surface area contributed by atoms with Crippen molar-refractivity contribution in [3.8, 4) is 0 Å². The molecule has 2 rings (SSSR count). The Hall–Kier alpha value is -0.570. The first-order valence-electron chi connectivity index (χ1n) is 8.18. The fourth-order valence-corrected chi connectivity index (χ4v) is 3.82. The average Bonchev–Trinajstić information content (AvgIpc) is 2.46. The summed E-state index contributed by atoms with van der Waals surface area (Å²) in [4.78, 5) is 12.3. The molecule has 1 amide bonds. The van der Waals surface area contributed by atoms with Gasteiger partial charge in [-0.1, -0.05) is 32.6 Å². The molecule has 2 fully saturated rings. The van der Waals surface area contributed by atoms with Gasteiger partial charge in [0.05, 0.1) is 0 Å². The zero-order valence-electron chi connectivity index (χ0n) is 12.4. The number of carbonyl (C=O) groups is 1. The number of hydrogen-bond acceptors (Lipinski definition) is 2. The van der Waals surface area contributed by atoms with Crippen LogP contribution < -0.4 is 11.1 Å². The minimum atomic E-state index is 0.223. The molecular weight excluding hydrogens is 236 g/mol. The maximum Gasteiger partial charge on any atom is 0.223 e. The molecule has 2 aliphatic rings. The molecule has 3 heteroatoms. The molecule has 0 radical (unpaired) electrons. The molecule has 0 spiro atoms. The number of nitrogens with one attached hydrogen (secondary N) is 1. The molecule has 0 aliphatic heterocycles. The fraction of sp³-hybridized carbons (Fsp3) is 0.938. The van der Waals surface area contributed by atoms with Gasteiger partial charge in [-0.05, 0) is 50.0 Å². The van der Waals surface area contributed by atoms with Crippen LogP contribution >= 0.6 is 0 Å². The predicted molar refractivity (Wildman–Crippen MR) is 78.6 cm³/mol. The van der Waals surface area contributed by atoms with Crippen LogP contribution in [0.15, 0.2) is 0 Å². The van der Waals surface area contributed by atoms with Crippen molar-refractivity contribution in [1.82, 2.24) is 5.32 Å². The summed E-state index contributed by atoms with van der Waals surface area (Å²) < 4.78 is 0. The van der Waals surface area contributed by atoms with E-state index in [1.165, 1.54) is 38.5 Å². The first kappa shape index (κ1) is 14.8. The van der Waals surface area contributed by atoms with Gasteiger partial charge >= 0.3 is 0 Å². The Bertz CT molecular complexity index is 292. The third kappa shape index (κ3) is 4.20. The quantitative estimate of drug-likeness (QED) is 0.822. The normalized spacial score (nSPS) is 35.9. The summed E-state index contributed by atoms with van der Waals surface area (Å²) in [6, 6.07) is 0. The molecule has 4 unspecified atom stereocenters. The van der Waals surface area contributed by atoms with Crippen molar-refractivity contribution in [2.24, 2.45) is 29.4 Å². The molecule has 110 valence electrons. The molecule has 3 nitrogen and oxygen atoms in total. The standard InChI is InChI=1S/C16H30N2O/c1-12-5-2-3-7-15(12)11-18-16(19)14-8-4-6-13(9-14)10-17/h12-15H,2-11,17H2,1H3,(H,18,19). The van der Waals surface area contributed by atoms with Crippen LogP contribution in [0, 0.1) is 23.7 Å². The maximum absolute atomic E-state index is 12.3. The lowest BCUT2D eigenvalue weighted by Crippen LogP contribution is -2.39. The molecule has 0 saturated heterocycles. The van der Waals surface area contributed by atoms with Crippen molar-refractivity contribution in [1.29, 1.82) is 0 Å². The zero-order chi connectivity index (χ0) is 13.7. The smallest absolute Gasteiger partial charge is 0.223 e. The number of amides is 1. The van der Waals surface area contributed by atoms with Gasteiger partial charge in [0.25, 0.3) is 0 Å². The van der Waals surface area contributed by atoms with E-state index in [1.54, 1.807) is 0 Å². The Morgan fingerprint density at radius 1 is 1.16 bits per heavy atom. The predicted octanol–water partition coefficient (Wildman–Crippen LogP) is 2.69. The SMILES string of the molecule is CC1CCCCC1CNC(=O)C1CCCC(CN)C1. The zero-order valence-corrected chi connectivity index (χ0v) is 12.4. The lowest BCUT2D eigenvalue weighted by atomic mass is 9.79. The average molecular weight is 266 g/mol. The van der Waals surface area contributed by atoms with Gasteiger partial charge < -0.3 is 11.1 Å². The van der Waals surface area contributed by atoms with Crippen LogP contribution in [-0.2, 0) is 4.79 Å². The Morgan fingerprint density at radius 3 is 2.68 bits per heavy atom. The third-order valence-electron chi connectivity index (χ3n) is 5.31. The summed E-state index contributed by atoms with van der Waals surface area (Å²) in [5.41, 5.74) is 5.74. The molecule has 19 heavy (non-hydrogen) atoms. The van der Waals surface area contributed by atoms with Gasteiger partial charge in [-0.25, -0.2) is 0 Å². The highest BCUT2D eigenvalue weighted by atomic mass is 16.1. The minimum Gasteiger partial charge on any atom is -0.356 e. The molecule has 0 aromatic heterocycles. The summed E-state index contributed by atoms with van der Waals surface area (Å²) in [6.07, 6.45) is 9.76. The summed E-state index contributed by atoms with van der Waals surface area (Å²) >= 11 is 0. The Kier molecular flexibility index (Phi) is 5.68. The summed E-state index contributed by atoms with van der Waals surface area (Å²) in [6.45, 7) is 3.97. The maximum atomic E-state index is 12.3. The van der Waals surface area contributed by atoms with E-state index in [2.05, 4.69) is 12.2 Å². The van der Waals surface area contributed by atoms with E-state index >= 15 is 0 Å². The third-order valence-corrected chi connectivity index (χ3v) is 5.31. The van der Waals surface area contributed by atoms with Crippen LogP contribution in [0.1, 0.15) is 58.3 Å². The van der Waals surface area contributed by atoms with Crippen molar-refractivity contribution in [3.63, 3.8) is 0 Å². The van der Waals surface area contributed by atoms with E-state index in [0.717, 1.165) is 31.8 Å². The van der Waals surface area contributed by atoms with E-state index in [4.69, 9.17) is 5.73 Å².